The van der Waals surface area contributed by atoms with Gasteiger partial charge in [-0.3, -0.25) is 4.90 Å². The molecule has 2 nitrogen and oxygen atoms in total. The molecule has 1 heterocycles. The topological polar surface area (TPSA) is 6.48 Å². The minimum Gasteiger partial charge on any atom is -0.298 e. The van der Waals surface area contributed by atoms with E-state index in [0.29, 0.717) is 18.1 Å². The first-order valence-corrected chi connectivity index (χ1v) is 6.31. The summed E-state index contributed by atoms with van der Waals surface area (Å²) in [5, 5.41) is 0. The summed E-state index contributed by atoms with van der Waals surface area (Å²) in [4.78, 5) is 2.57. The van der Waals surface area contributed by atoms with Crippen LogP contribution in [0.5, 0.6) is 0 Å². The van der Waals surface area contributed by atoms with E-state index < -0.39 is 0 Å². The summed E-state index contributed by atoms with van der Waals surface area (Å²) in [6, 6.07) is 2.05. The molecule has 1 fully saturated rings. The maximum atomic E-state index is 2.57. The fourth-order valence-corrected chi connectivity index (χ4v) is 2.98. The molecule has 0 radical (unpaired) electrons. The second-order valence-electron chi connectivity index (χ2n) is 4.29. The van der Waals surface area contributed by atoms with Crippen LogP contribution in [0.25, 0.3) is 0 Å². The van der Waals surface area contributed by atoms with E-state index in [1.165, 1.54) is 13.1 Å². The van der Waals surface area contributed by atoms with Crippen molar-refractivity contribution in [2.45, 2.75) is 45.8 Å². The zero-order valence-corrected chi connectivity index (χ0v) is 10.3. The van der Waals surface area contributed by atoms with Gasteiger partial charge in [-0.25, -0.2) is 4.31 Å². The summed E-state index contributed by atoms with van der Waals surface area (Å²) < 4.78 is 2.51. The van der Waals surface area contributed by atoms with Gasteiger partial charge in [0, 0.05) is 31.2 Å². The molecule has 78 valence electrons. The van der Waals surface area contributed by atoms with Crippen LogP contribution in [0.4, 0.5) is 0 Å². The Hall–Kier alpha value is 0.270. The molecule has 0 saturated carbocycles. The van der Waals surface area contributed by atoms with Crippen LogP contribution in [0.15, 0.2) is 0 Å². The van der Waals surface area contributed by atoms with Crippen molar-refractivity contribution in [2.24, 2.45) is 0 Å². The quantitative estimate of drug-likeness (QED) is 0.633. The summed E-state index contributed by atoms with van der Waals surface area (Å²) in [6.45, 7) is 11.6. The van der Waals surface area contributed by atoms with Crippen molar-refractivity contribution in [3.8, 4) is 0 Å². The van der Waals surface area contributed by atoms with Gasteiger partial charge in [0.2, 0.25) is 0 Å². The Morgan fingerprint density at radius 1 is 1.15 bits per heavy atom. The van der Waals surface area contributed by atoms with E-state index in [9.17, 15) is 0 Å². The van der Waals surface area contributed by atoms with Gasteiger partial charge < -0.3 is 0 Å². The van der Waals surface area contributed by atoms with Crippen molar-refractivity contribution in [2.75, 3.05) is 19.3 Å². The first-order valence-electron chi connectivity index (χ1n) is 5.12. The van der Waals surface area contributed by atoms with Crippen molar-refractivity contribution in [3.63, 3.8) is 0 Å². The number of piperazine rings is 1. The van der Waals surface area contributed by atoms with Crippen molar-refractivity contribution in [3.05, 3.63) is 0 Å². The summed E-state index contributed by atoms with van der Waals surface area (Å²) >= 11 is 1.88. The zero-order chi connectivity index (χ0) is 10.0. The third-order valence-electron chi connectivity index (χ3n) is 2.81. The largest absolute Gasteiger partial charge is 0.298 e. The van der Waals surface area contributed by atoms with E-state index in [4.69, 9.17) is 0 Å². The standard InChI is InChI=1S/C10H22N2S/c1-8(2)11-6-9(3)12(13-5)10(4)7-11/h8-10H,6-7H2,1-5H3/t9-,10-/m0/s1. The van der Waals surface area contributed by atoms with Crippen LogP contribution in [-0.4, -0.2) is 46.7 Å². The first kappa shape index (κ1) is 11.3. The molecule has 0 aromatic carbocycles. The zero-order valence-electron chi connectivity index (χ0n) is 9.45. The lowest BCUT2D eigenvalue weighted by molar-refractivity contribution is 0.0863. The van der Waals surface area contributed by atoms with E-state index in [0.717, 1.165) is 0 Å². The van der Waals surface area contributed by atoms with Crippen LogP contribution in [0.3, 0.4) is 0 Å². The molecule has 13 heavy (non-hydrogen) atoms. The maximum Gasteiger partial charge on any atom is 0.0305 e. The first-order chi connectivity index (χ1) is 6.06. The average Bonchev–Trinajstić information content (AvgIpc) is 2.03. The van der Waals surface area contributed by atoms with Crippen molar-refractivity contribution < 1.29 is 0 Å². The van der Waals surface area contributed by atoms with Gasteiger partial charge in [0.15, 0.2) is 0 Å². The molecule has 0 spiro atoms. The Kier molecular flexibility index (Phi) is 4.07. The summed E-state index contributed by atoms with van der Waals surface area (Å²) in [5.41, 5.74) is 0. The van der Waals surface area contributed by atoms with Gasteiger partial charge in [-0.05, 0) is 34.0 Å². The molecular formula is C10H22N2S. The Balaban J connectivity index is 2.56. The van der Waals surface area contributed by atoms with Gasteiger partial charge in [-0.2, -0.15) is 0 Å². The molecule has 0 aliphatic carbocycles. The Morgan fingerprint density at radius 2 is 1.62 bits per heavy atom. The fourth-order valence-electron chi connectivity index (χ4n) is 2.13. The van der Waals surface area contributed by atoms with E-state index in [1.807, 2.05) is 11.9 Å². The minimum atomic E-state index is 0.682. The molecule has 0 unspecified atom stereocenters. The van der Waals surface area contributed by atoms with E-state index >= 15 is 0 Å². The monoisotopic (exact) mass is 202 g/mol. The highest BCUT2D eigenvalue weighted by Gasteiger charge is 2.29. The molecule has 1 rings (SSSR count). The molecule has 0 aromatic rings. The normalized spacial score (nSPS) is 32.8. The average molecular weight is 202 g/mol. The molecule has 0 amide bonds. The molecule has 2 atom stereocenters. The Bertz CT molecular complexity index is 149. The lowest BCUT2D eigenvalue weighted by Crippen LogP contribution is -2.55. The number of hydrogen-bond acceptors (Lipinski definition) is 3. The van der Waals surface area contributed by atoms with Crippen molar-refractivity contribution in [1.29, 1.82) is 0 Å². The SMILES string of the molecule is CSN1[C@@H](C)CN(C(C)C)C[C@@H]1C. The van der Waals surface area contributed by atoms with Gasteiger partial charge in [0.05, 0.1) is 0 Å². The summed E-state index contributed by atoms with van der Waals surface area (Å²) in [6.07, 6.45) is 2.18. The summed E-state index contributed by atoms with van der Waals surface area (Å²) in [5.74, 6) is 0. The van der Waals surface area contributed by atoms with Crippen molar-refractivity contribution in [1.82, 2.24) is 9.21 Å². The lowest BCUT2D eigenvalue weighted by atomic mass is 10.1. The highest BCUT2D eigenvalue weighted by Crippen LogP contribution is 2.23. The van der Waals surface area contributed by atoms with E-state index in [1.54, 1.807) is 0 Å². The van der Waals surface area contributed by atoms with Crippen LogP contribution < -0.4 is 0 Å². The van der Waals surface area contributed by atoms with Crippen LogP contribution in [-0.2, 0) is 0 Å². The molecule has 0 aromatic heterocycles. The number of nitrogens with zero attached hydrogens (tertiary/aromatic N) is 2. The van der Waals surface area contributed by atoms with Crippen LogP contribution in [0.2, 0.25) is 0 Å². The number of rotatable bonds is 2. The van der Waals surface area contributed by atoms with Crippen LogP contribution in [0.1, 0.15) is 27.7 Å². The van der Waals surface area contributed by atoms with Gasteiger partial charge in [-0.15, -0.1) is 0 Å². The van der Waals surface area contributed by atoms with E-state index in [2.05, 4.69) is 43.2 Å². The summed E-state index contributed by atoms with van der Waals surface area (Å²) in [7, 11) is 0. The Morgan fingerprint density at radius 3 is 1.92 bits per heavy atom. The van der Waals surface area contributed by atoms with Gasteiger partial charge >= 0.3 is 0 Å². The van der Waals surface area contributed by atoms with Crippen molar-refractivity contribution >= 4 is 11.9 Å². The van der Waals surface area contributed by atoms with Crippen LogP contribution in [0, 0.1) is 0 Å². The fraction of sp³-hybridized carbons (Fsp3) is 1.00. The van der Waals surface area contributed by atoms with Gasteiger partial charge in [-0.1, -0.05) is 11.9 Å². The predicted octanol–water partition coefficient (Wildman–Crippen LogP) is 2.07. The molecule has 0 N–H and O–H groups in total. The van der Waals surface area contributed by atoms with E-state index in [-0.39, 0.29) is 0 Å². The molecule has 0 bridgehead atoms. The maximum absolute atomic E-state index is 2.57. The third kappa shape index (κ3) is 2.61. The lowest BCUT2D eigenvalue weighted by Gasteiger charge is -2.44. The number of hydrogen-bond donors (Lipinski definition) is 0. The molecular weight excluding hydrogens is 180 g/mol. The highest BCUT2D eigenvalue weighted by atomic mass is 32.2. The second kappa shape index (κ2) is 4.67. The highest BCUT2D eigenvalue weighted by molar-refractivity contribution is 7.96. The molecule has 1 saturated heterocycles. The minimum absolute atomic E-state index is 0.682. The molecule has 1 aliphatic heterocycles. The van der Waals surface area contributed by atoms with Gasteiger partial charge in [0.1, 0.15) is 0 Å². The Labute approximate surface area is 86.8 Å². The predicted molar refractivity (Wildman–Crippen MR) is 61.0 cm³/mol. The second-order valence-corrected chi connectivity index (χ2v) is 5.07. The van der Waals surface area contributed by atoms with Gasteiger partial charge in [0.25, 0.3) is 0 Å². The molecule has 3 heteroatoms. The van der Waals surface area contributed by atoms with Crippen LogP contribution >= 0.6 is 11.9 Å². The smallest absolute Gasteiger partial charge is 0.0305 e. The third-order valence-corrected chi connectivity index (χ3v) is 3.95. The molecule has 1 aliphatic rings.